The maximum Gasteiger partial charge on any atom is 0.183 e. The molecule has 1 heterocycles. The lowest BCUT2D eigenvalue weighted by molar-refractivity contribution is 0.507. The predicted octanol–water partition coefficient (Wildman–Crippen LogP) is 3.14. The van der Waals surface area contributed by atoms with Gasteiger partial charge in [-0.15, -0.1) is 0 Å². The Labute approximate surface area is 103 Å². The molecule has 2 rings (SSSR count). The second-order valence-electron chi connectivity index (χ2n) is 3.96. The molecule has 0 saturated carbocycles. The highest BCUT2D eigenvalue weighted by molar-refractivity contribution is 7.99. The van der Waals surface area contributed by atoms with Crippen molar-refractivity contribution in [2.75, 3.05) is 16.8 Å². The van der Waals surface area contributed by atoms with E-state index in [-0.39, 0.29) is 17.3 Å². The SMILES string of the molecule is N#Cc1ccc(NC2CCCSC2)c(F)c1F. The highest BCUT2D eigenvalue weighted by atomic mass is 32.2. The molecule has 1 N–H and O–H groups in total. The van der Waals surface area contributed by atoms with Crippen LogP contribution in [0.1, 0.15) is 18.4 Å². The van der Waals surface area contributed by atoms with Crippen LogP contribution in [-0.4, -0.2) is 17.5 Å². The molecule has 1 aromatic rings. The number of nitriles is 1. The van der Waals surface area contributed by atoms with Crippen LogP contribution in [-0.2, 0) is 0 Å². The van der Waals surface area contributed by atoms with E-state index in [0.29, 0.717) is 0 Å². The van der Waals surface area contributed by atoms with E-state index >= 15 is 0 Å². The Balaban J connectivity index is 2.16. The van der Waals surface area contributed by atoms with Gasteiger partial charge >= 0.3 is 0 Å². The zero-order chi connectivity index (χ0) is 12.3. The number of nitrogens with zero attached hydrogens (tertiary/aromatic N) is 1. The van der Waals surface area contributed by atoms with Crippen LogP contribution in [0.3, 0.4) is 0 Å². The Bertz CT molecular complexity index is 451. The molecule has 0 radical (unpaired) electrons. The number of nitrogens with one attached hydrogen (secondary N) is 1. The molecule has 1 fully saturated rings. The molecule has 1 unspecified atom stereocenters. The minimum atomic E-state index is -1.07. The van der Waals surface area contributed by atoms with Crippen molar-refractivity contribution in [2.24, 2.45) is 0 Å². The van der Waals surface area contributed by atoms with Gasteiger partial charge in [0, 0.05) is 11.8 Å². The summed E-state index contributed by atoms with van der Waals surface area (Å²) in [5.41, 5.74) is -0.111. The Hall–Kier alpha value is -1.28. The van der Waals surface area contributed by atoms with Crippen molar-refractivity contribution in [3.05, 3.63) is 29.3 Å². The first-order valence-electron chi connectivity index (χ1n) is 5.44. The smallest absolute Gasteiger partial charge is 0.183 e. The largest absolute Gasteiger partial charge is 0.379 e. The fraction of sp³-hybridized carbons (Fsp3) is 0.417. The van der Waals surface area contributed by atoms with E-state index < -0.39 is 11.6 Å². The van der Waals surface area contributed by atoms with Gasteiger partial charge in [-0.3, -0.25) is 0 Å². The van der Waals surface area contributed by atoms with Crippen LogP contribution in [0, 0.1) is 23.0 Å². The third-order valence-corrected chi connectivity index (χ3v) is 3.94. The van der Waals surface area contributed by atoms with Gasteiger partial charge in [0.25, 0.3) is 0 Å². The van der Waals surface area contributed by atoms with Crippen molar-refractivity contribution >= 4 is 17.4 Å². The van der Waals surface area contributed by atoms with Crippen LogP contribution in [0.4, 0.5) is 14.5 Å². The minimum Gasteiger partial charge on any atom is -0.379 e. The van der Waals surface area contributed by atoms with Gasteiger partial charge in [-0.05, 0) is 30.7 Å². The first kappa shape index (κ1) is 12.2. The van der Waals surface area contributed by atoms with Crippen molar-refractivity contribution < 1.29 is 8.78 Å². The van der Waals surface area contributed by atoms with Crippen molar-refractivity contribution in [3.63, 3.8) is 0 Å². The van der Waals surface area contributed by atoms with Crippen molar-refractivity contribution in [3.8, 4) is 6.07 Å². The fourth-order valence-corrected chi connectivity index (χ4v) is 2.89. The van der Waals surface area contributed by atoms with Gasteiger partial charge in [0.15, 0.2) is 11.6 Å². The van der Waals surface area contributed by atoms with E-state index in [2.05, 4.69) is 5.32 Å². The summed E-state index contributed by atoms with van der Waals surface area (Å²) in [6.07, 6.45) is 2.05. The lowest BCUT2D eigenvalue weighted by atomic mass is 10.1. The highest BCUT2D eigenvalue weighted by Crippen LogP contribution is 2.24. The van der Waals surface area contributed by atoms with E-state index in [1.807, 2.05) is 11.8 Å². The van der Waals surface area contributed by atoms with Crippen LogP contribution in [0.5, 0.6) is 0 Å². The van der Waals surface area contributed by atoms with E-state index in [1.54, 1.807) is 6.07 Å². The van der Waals surface area contributed by atoms with Gasteiger partial charge in [-0.1, -0.05) is 0 Å². The number of thioether (sulfide) groups is 1. The molecule has 1 aliphatic heterocycles. The molecule has 90 valence electrons. The predicted molar refractivity (Wildman–Crippen MR) is 65.0 cm³/mol. The number of rotatable bonds is 2. The number of benzene rings is 1. The molecule has 1 saturated heterocycles. The topological polar surface area (TPSA) is 35.8 Å². The van der Waals surface area contributed by atoms with Crippen LogP contribution >= 0.6 is 11.8 Å². The molecular formula is C12H12F2N2S. The average molecular weight is 254 g/mol. The number of hydrogen-bond acceptors (Lipinski definition) is 3. The summed E-state index contributed by atoms with van der Waals surface area (Å²) in [6.45, 7) is 0. The van der Waals surface area contributed by atoms with E-state index in [1.165, 1.54) is 12.1 Å². The molecule has 1 aromatic carbocycles. The number of anilines is 1. The van der Waals surface area contributed by atoms with Crippen LogP contribution in [0.2, 0.25) is 0 Å². The number of halogens is 2. The first-order chi connectivity index (χ1) is 8.22. The van der Waals surface area contributed by atoms with Gasteiger partial charge in [-0.25, -0.2) is 8.78 Å². The zero-order valence-corrected chi connectivity index (χ0v) is 9.99. The van der Waals surface area contributed by atoms with Gasteiger partial charge in [0.1, 0.15) is 6.07 Å². The van der Waals surface area contributed by atoms with Crippen molar-refractivity contribution in [1.29, 1.82) is 5.26 Å². The van der Waals surface area contributed by atoms with Gasteiger partial charge < -0.3 is 5.32 Å². The molecule has 0 amide bonds. The molecule has 2 nitrogen and oxygen atoms in total. The Morgan fingerprint density at radius 2 is 2.18 bits per heavy atom. The van der Waals surface area contributed by atoms with E-state index in [9.17, 15) is 8.78 Å². The number of hydrogen-bond donors (Lipinski definition) is 1. The molecule has 1 aliphatic rings. The second-order valence-corrected chi connectivity index (χ2v) is 5.11. The maximum absolute atomic E-state index is 13.6. The fourth-order valence-electron chi connectivity index (χ4n) is 1.82. The maximum atomic E-state index is 13.6. The van der Waals surface area contributed by atoms with Gasteiger partial charge in [0.2, 0.25) is 0 Å². The Morgan fingerprint density at radius 3 is 2.82 bits per heavy atom. The minimum absolute atomic E-state index is 0.147. The van der Waals surface area contributed by atoms with Gasteiger partial charge in [-0.2, -0.15) is 17.0 Å². The Kier molecular flexibility index (Phi) is 3.85. The summed E-state index contributed by atoms with van der Waals surface area (Å²) in [5, 5.41) is 11.6. The normalized spacial score (nSPS) is 19.7. The zero-order valence-electron chi connectivity index (χ0n) is 9.17. The second kappa shape index (κ2) is 5.37. The average Bonchev–Trinajstić information content (AvgIpc) is 2.37. The summed E-state index contributed by atoms with van der Waals surface area (Å²) >= 11 is 1.81. The van der Waals surface area contributed by atoms with E-state index in [4.69, 9.17) is 5.26 Å². The highest BCUT2D eigenvalue weighted by Gasteiger charge is 2.18. The molecule has 5 heteroatoms. The summed E-state index contributed by atoms with van der Waals surface area (Å²) in [5.74, 6) is 0.00397. The summed E-state index contributed by atoms with van der Waals surface area (Å²) < 4.78 is 27.0. The van der Waals surface area contributed by atoms with Crippen LogP contribution in [0.25, 0.3) is 0 Å². The third-order valence-electron chi connectivity index (χ3n) is 2.72. The Morgan fingerprint density at radius 1 is 1.35 bits per heavy atom. The molecule has 0 bridgehead atoms. The summed E-state index contributed by atoms with van der Waals surface area (Å²) in [6, 6.07) is 4.53. The third kappa shape index (κ3) is 2.70. The van der Waals surface area contributed by atoms with Crippen LogP contribution in [0.15, 0.2) is 12.1 Å². The lowest BCUT2D eigenvalue weighted by Crippen LogP contribution is -2.26. The summed E-state index contributed by atoms with van der Waals surface area (Å²) in [4.78, 5) is 0. The molecule has 17 heavy (non-hydrogen) atoms. The lowest BCUT2D eigenvalue weighted by Gasteiger charge is -2.23. The monoisotopic (exact) mass is 254 g/mol. The van der Waals surface area contributed by atoms with Crippen molar-refractivity contribution in [1.82, 2.24) is 0 Å². The quantitative estimate of drug-likeness (QED) is 0.880. The van der Waals surface area contributed by atoms with Crippen LogP contribution < -0.4 is 5.32 Å². The van der Waals surface area contributed by atoms with E-state index in [0.717, 1.165) is 24.3 Å². The summed E-state index contributed by atoms with van der Waals surface area (Å²) in [7, 11) is 0. The molecule has 0 spiro atoms. The standard InChI is InChI=1S/C12H12F2N2S/c13-11-8(6-15)3-4-10(12(11)14)16-9-2-1-5-17-7-9/h3-4,9,16H,1-2,5,7H2. The first-order valence-corrected chi connectivity index (χ1v) is 6.60. The molecule has 0 aliphatic carbocycles. The van der Waals surface area contributed by atoms with Crippen molar-refractivity contribution in [2.45, 2.75) is 18.9 Å². The molecule has 0 aromatic heterocycles. The van der Waals surface area contributed by atoms with Gasteiger partial charge in [0.05, 0.1) is 11.3 Å². The molecular weight excluding hydrogens is 242 g/mol. The molecule has 1 atom stereocenters.